The van der Waals surface area contributed by atoms with E-state index in [1.54, 1.807) is 18.2 Å². The van der Waals surface area contributed by atoms with Gasteiger partial charge in [-0.1, -0.05) is 41.9 Å². The fourth-order valence-electron chi connectivity index (χ4n) is 2.93. The summed E-state index contributed by atoms with van der Waals surface area (Å²) in [7, 11) is 1.52. The van der Waals surface area contributed by atoms with E-state index in [9.17, 15) is 10.1 Å². The van der Waals surface area contributed by atoms with Crippen LogP contribution in [-0.2, 0) is 0 Å². The van der Waals surface area contributed by atoms with Crippen LogP contribution in [0.3, 0.4) is 0 Å². The van der Waals surface area contributed by atoms with Gasteiger partial charge in [-0.3, -0.25) is 4.79 Å². The van der Waals surface area contributed by atoms with Crippen molar-refractivity contribution in [3.8, 4) is 11.8 Å². The number of halogens is 3. The molecule has 0 spiro atoms. The van der Waals surface area contributed by atoms with Crippen LogP contribution in [0.1, 0.15) is 27.4 Å². The van der Waals surface area contributed by atoms with Crippen molar-refractivity contribution in [1.29, 1.82) is 5.26 Å². The lowest BCUT2D eigenvalue weighted by atomic mass is 9.91. The van der Waals surface area contributed by atoms with Crippen LogP contribution in [-0.4, -0.2) is 13.0 Å². The highest BCUT2D eigenvalue weighted by atomic mass is 127. The van der Waals surface area contributed by atoms with Crippen molar-refractivity contribution in [2.75, 3.05) is 12.4 Å². The highest BCUT2D eigenvalue weighted by molar-refractivity contribution is 14.1. The summed E-state index contributed by atoms with van der Waals surface area (Å²) < 4.78 is 7.12. The number of benzene rings is 3. The Balaban J connectivity index is 2.06. The molecule has 0 saturated heterocycles. The molecule has 0 bridgehead atoms. The summed E-state index contributed by atoms with van der Waals surface area (Å²) in [4.78, 5) is 12.9. The minimum absolute atomic E-state index is 0.268. The fourth-order valence-corrected chi connectivity index (χ4v) is 5.58. The Morgan fingerprint density at radius 1 is 1.14 bits per heavy atom. The van der Waals surface area contributed by atoms with Gasteiger partial charge in [0.15, 0.2) is 0 Å². The highest BCUT2D eigenvalue weighted by Gasteiger charge is 2.26. The first-order valence-corrected chi connectivity index (χ1v) is 11.1. The third-order valence-electron chi connectivity index (χ3n) is 4.31. The number of amides is 1. The molecule has 1 amide bonds. The number of carbonyl (C=O) groups excluding carboxylic acids is 1. The van der Waals surface area contributed by atoms with Gasteiger partial charge in [0.05, 0.1) is 28.2 Å². The van der Waals surface area contributed by atoms with Crippen molar-refractivity contribution in [3.63, 3.8) is 0 Å². The Hall–Kier alpha value is -1.83. The summed E-state index contributed by atoms with van der Waals surface area (Å²) in [5.74, 6) is -0.328. The van der Waals surface area contributed by atoms with Crippen LogP contribution >= 0.6 is 56.8 Å². The lowest BCUT2D eigenvalue weighted by Gasteiger charge is -2.19. The van der Waals surface area contributed by atoms with Crippen LogP contribution in [0.5, 0.6) is 5.75 Å². The molecule has 3 aromatic rings. The van der Waals surface area contributed by atoms with Crippen molar-refractivity contribution >= 4 is 68.4 Å². The SMILES string of the molecule is COc1c(C(=O)Nc2ccccc2)cc(I)c(C(C#N)c2ccc(Cl)cc2)c1I. The lowest BCUT2D eigenvalue weighted by Crippen LogP contribution is -2.16. The van der Waals surface area contributed by atoms with Crippen molar-refractivity contribution in [1.82, 2.24) is 0 Å². The van der Waals surface area contributed by atoms with Gasteiger partial charge < -0.3 is 10.1 Å². The molecule has 0 aliphatic carbocycles. The predicted octanol–water partition coefficient (Wildman–Crippen LogP) is 6.47. The number of nitrogens with one attached hydrogen (secondary N) is 1. The maximum atomic E-state index is 12.9. The van der Waals surface area contributed by atoms with E-state index in [0.717, 1.165) is 18.3 Å². The molecule has 0 heterocycles. The minimum Gasteiger partial charge on any atom is -0.495 e. The van der Waals surface area contributed by atoms with Crippen molar-refractivity contribution in [3.05, 3.63) is 89.5 Å². The van der Waals surface area contributed by atoms with Gasteiger partial charge in [0.2, 0.25) is 0 Å². The van der Waals surface area contributed by atoms with Gasteiger partial charge in [0.1, 0.15) is 5.75 Å². The fraction of sp³-hybridized carbons (Fsp3) is 0.0909. The third-order valence-corrected chi connectivity index (χ3v) is 6.53. The summed E-state index contributed by atoms with van der Waals surface area (Å²) in [5, 5.41) is 13.4. The van der Waals surface area contributed by atoms with Crippen LogP contribution in [0.2, 0.25) is 5.02 Å². The molecule has 0 aromatic heterocycles. The van der Waals surface area contributed by atoms with Crippen LogP contribution in [0.15, 0.2) is 60.7 Å². The molecule has 0 saturated carbocycles. The smallest absolute Gasteiger partial charge is 0.259 e. The van der Waals surface area contributed by atoms with Crippen LogP contribution < -0.4 is 10.1 Å². The van der Waals surface area contributed by atoms with E-state index < -0.39 is 5.92 Å². The van der Waals surface area contributed by atoms with Gasteiger partial charge in [-0.15, -0.1) is 0 Å². The number of hydrogen-bond donors (Lipinski definition) is 1. The van der Waals surface area contributed by atoms with Crippen molar-refractivity contribution < 1.29 is 9.53 Å². The van der Waals surface area contributed by atoms with E-state index in [-0.39, 0.29) is 5.91 Å². The van der Waals surface area contributed by atoms with E-state index in [2.05, 4.69) is 56.6 Å². The zero-order chi connectivity index (χ0) is 21.0. The first-order chi connectivity index (χ1) is 14.0. The Morgan fingerprint density at radius 2 is 1.79 bits per heavy atom. The monoisotopic (exact) mass is 628 g/mol. The molecule has 29 heavy (non-hydrogen) atoms. The molecule has 7 heteroatoms. The quantitative estimate of drug-likeness (QED) is 0.330. The average molecular weight is 629 g/mol. The number of para-hydroxylation sites is 1. The Bertz CT molecular complexity index is 1080. The molecule has 0 aliphatic heterocycles. The number of nitrogens with zero attached hydrogens (tertiary/aromatic N) is 1. The second-order valence-corrected chi connectivity index (χ2v) is 8.78. The molecule has 0 aliphatic rings. The Morgan fingerprint density at radius 3 is 2.38 bits per heavy atom. The maximum Gasteiger partial charge on any atom is 0.259 e. The highest BCUT2D eigenvalue weighted by Crippen LogP contribution is 2.39. The van der Waals surface area contributed by atoms with Crippen LogP contribution in [0, 0.1) is 18.5 Å². The van der Waals surface area contributed by atoms with Crippen LogP contribution in [0.25, 0.3) is 0 Å². The molecule has 0 radical (unpaired) electrons. The number of nitriles is 1. The number of rotatable bonds is 5. The number of methoxy groups -OCH3 is 1. The molecule has 0 fully saturated rings. The average Bonchev–Trinajstić information content (AvgIpc) is 2.72. The van der Waals surface area contributed by atoms with Crippen LogP contribution in [0.4, 0.5) is 5.69 Å². The van der Waals surface area contributed by atoms with E-state index in [1.165, 1.54) is 7.11 Å². The van der Waals surface area contributed by atoms with Gasteiger partial charge in [0.25, 0.3) is 5.91 Å². The Labute approximate surface area is 201 Å². The predicted molar refractivity (Wildman–Crippen MR) is 132 cm³/mol. The van der Waals surface area contributed by atoms with Crippen molar-refractivity contribution in [2.45, 2.75) is 5.92 Å². The van der Waals surface area contributed by atoms with Gasteiger partial charge in [-0.25, -0.2) is 0 Å². The topological polar surface area (TPSA) is 62.1 Å². The normalized spacial score (nSPS) is 11.4. The zero-order valence-corrected chi connectivity index (χ0v) is 20.3. The minimum atomic E-state index is -0.508. The maximum absolute atomic E-state index is 12.9. The molecule has 1 atom stereocenters. The standard InChI is InChI=1S/C22H15ClI2N2O2/c1-29-21-16(22(28)27-15-5-3-2-4-6-15)11-18(24)19(20(21)25)17(12-26)13-7-9-14(23)10-8-13/h2-11,17H,1H3,(H,27,28). The van der Waals surface area contributed by atoms with Gasteiger partial charge in [-0.2, -0.15) is 5.26 Å². The largest absolute Gasteiger partial charge is 0.495 e. The molecule has 146 valence electrons. The number of hydrogen-bond acceptors (Lipinski definition) is 3. The molecule has 1 unspecified atom stereocenters. The number of ether oxygens (including phenoxy) is 1. The summed E-state index contributed by atoms with van der Waals surface area (Å²) in [6.45, 7) is 0. The molecular formula is C22H15ClI2N2O2. The Kier molecular flexibility index (Phi) is 7.38. The van der Waals surface area contributed by atoms with E-state index in [4.69, 9.17) is 16.3 Å². The molecular weight excluding hydrogens is 614 g/mol. The summed E-state index contributed by atoms with van der Waals surface area (Å²) in [6, 6.07) is 20.6. The molecule has 4 nitrogen and oxygen atoms in total. The van der Waals surface area contributed by atoms with Crippen molar-refractivity contribution in [2.24, 2.45) is 0 Å². The molecule has 1 N–H and O–H groups in total. The van der Waals surface area contributed by atoms with Gasteiger partial charge in [-0.05, 0) is 81.1 Å². The van der Waals surface area contributed by atoms with E-state index in [1.807, 2.05) is 42.5 Å². The molecule has 3 aromatic carbocycles. The summed E-state index contributed by atoms with van der Waals surface area (Å²) in [6.07, 6.45) is 0. The third kappa shape index (κ3) is 4.85. The number of anilines is 1. The first kappa shape index (κ1) is 21.9. The summed E-state index contributed by atoms with van der Waals surface area (Å²) in [5.41, 5.74) is 2.76. The summed E-state index contributed by atoms with van der Waals surface area (Å²) >= 11 is 10.3. The van der Waals surface area contributed by atoms with E-state index >= 15 is 0 Å². The van der Waals surface area contributed by atoms with Gasteiger partial charge >= 0.3 is 0 Å². The zero-order valence-electron chi connectivity index (χ0n) is 15.2. The lowest BCUT2D eigenvalue weighted by molar-refractivity contribution is 0.102. The second-order valence-electron chi connectivity index (χ2n) is 6.10. The number of carbonyl (C=O) groups is 1. The first-order valence-electron chi connectivity index (χ1n) is 8.53. The van der Waals surface area contributed by atoms with Gasteiger partial charge in [0, 0.05) is 19.8 Å². The second kappa shape index (κ2) is 9.78. The van der Waals surface area contributed by atoms with E-state index in [0.29, 0.717) is 22.0 Å². The molecule has 3 rings (SSSR count).